The molecular weight excluding hydrogens is 458 g/mol. The van der Waals surface area contributed by atoms with Gasteiger partial charge in [-0.3, -0.25) is 14.0 Å². The van der Waals surface area contributed by atoms with E-state index >= 15 is 0 Å². The maximum Gasteiger partial charge on any atom is 0.267 e. The number of rotatable bonds is 5. The van der Waals surface area contributed by atoms with Gasteiger partial charge in [-0.2, -0.15) is 0 Å². The number of benzene rings is 3. The number of aryl methyl sites for hydroxylation is 4. The summed E-state index contributed by atoms with van der Waals surface area (Å²) in [6, 6.07) is 19.3. The zero-order valence-corrected chi connectivity index (χ0v) is 20.8. The van der Waals surface area contributed by atoms with Gasteiger partial charge < -0.3 is 5.32 Å². The number of amides is 1. The molecule has 1 amide bonds. The zero-order chi connectivity index (χ0) is 24.7. The molecule has 7 nitrogen and oxygen atoms in total. The number of thioether (sulfide) groups is 1. The smallest absolute Gasteiger partial charge is 0.267 e. The van der Waals surface area contributed by atoms with Gasteiger partial charge in [-0.25, -0.2) is 4.57 Å². The molecule has 3 aromatic carbocycles. The summed E-state index contributed by atoms with van der Waals surface area (Å²) < 4.78 is 3.45. The van der Waals surface area contributed by atoms with Crippen LogP contribution in [0.15, 0.2) is 70.6 Å². The fourth-order valence-electron chi connectivity index (χ4n) is 4.42. The highest BCUT2D eigenvalue weighted by Crippen LogP contribution is 2.25. The van der Waals surface area contributed by atoms with Crippen LogP contribution in [-0.2, 0) is 4.79 Å². The number of carbonyl (C=O) groups is 1. The number of nitrogens with zero attached hydrogens (tertiary/aromatic N) is 4. The quantitative estimate of drug-likeness (QED) is 0.356. The molecule has 5 rings (SSSR count). The molecule has 0 unspecified atom stereocenters. The number of anilines is 1. The van der Waals surface area contributed by atoms with E-state index in [1.54, 1.807) is 10.6 Å². The molecule has 176 valence electrons. The van der Waals surface area contributed by atoms with Gasteiger partial charge in [0.2, 0.25) is 11.7 Å². The molecule has 35 heavy (non-hydrogen) atoms. The molecule has 5 aromatic rings. The van der Waals surface area contributed by atoms with Crippen molar-refractivity contribution in [3.8, 4) is 5.69 Å². The van der Waals surface area contributed by atoms with Crippen LogP contribution in [0.3, 0.4) is 0 Å². The fourth-order valence-corrected chi connectivity index (χ4v) is 5.16. The average molecular weight is 484 g/mol. The molecule has 0 saturated carbocycles. The average Bonchev–Trinajstić information content (AvgIpc) is 3.22. The summed E-state index contributed by atoms with van der Waals surface area (Å²) in [5, 5.41) is 12.8. The number of para-hydroxylation sites is 1. The van der Waals surface area contributed by atoms with Gasteiger partial charge in [-0.15, -0.1) is 10.2 Å². The number of fused-ring (bicyclic) bond motifs is 3. The summed E-state index contributed by atoms with van der Waals surface area (Å²) in [7, 11) is 0. The fraction of sp³-hybridized carbons (Fsp3) is 0.185. The van der Waals surface area contributed by atoms with Gasteiger partial charge in [0.25, 0.3) is 5.56 Å². The van der Waals surface area contributed by atoms with Crippen LogP contribution in [-0.4, -0.2) is 30.8 Å². The lowest BCUT2D eigenvalue weighted by Crippen LogP contribution is -2.22. The Kier molecular flexibility index (Phi) is 5.90. The van der Waals surface area contributed by atoms with Gasteiger partial charge in [0.15, 0.2) is 5.16 Å². The minimum atomic E-state index is -0.156. The maximum absolute atomic E-state index is 13.5. The molecular formula is C27H25N5O2S. The summed E-state index contributed by atoms with van der Waals surface area (Å²) in [5.74, 6) is 0.437. The molecule has 2 aromatic heterocycles. The van der Waals surface area contributed by atoms with Crippen LogP contribution in [0, 0.1) is 27.7 Å². The second-order valence-corrected chi connectivity index (χ2v) is 9.72. The summed E-state index contributed by atoms with van der Waals surface area (Å²) in [4.78, 5) is 26.2. The van der Waals surface area contributed by atoms with Gasteiger partial charge >= 0.3 is 0 Å². The topological polar surface area (TPSA) is 81.3 Å². The molecule has 0 radical (unpaired) electrons. The summed E-state index contributed by atoms with van der Waals surface area (Å²) >= 11 is 1.29. The molecule has 0 fully saturated rings. The first-order valence-corrected chi connectivity index (χ1v) is 12.3. The van der Waals surface area contributed by atoms with Gasteiger partial charge in [-0.05, 0) is 74.7 Å². The van der Waals surface area contributed by atoms with E-state index in [4.69, 9.17) is 0 Å². The Balaban J connectivity index is 1.56. The van der Waals surface area contributed by atoms with Crippen LogP contribution in [0.5, 0.6) is 0 Å². The van der Waals surface area contributed by atoms with E-state index in [1.807, 2.05) is 80.6 Å². The maximum atomic E-state index is 13.5. The van der Waals surface area contributed by atoms with Gasteiger partial charge in [-0.1, -0.05) is 47.7 Å². The molecule has 0 aliphatic carbocycles. The Morgan fingerprint density at radius 2 is 1.66 bits per heavy atom. The molecule has 0 spiro atoms. The summed E-state index contributed by atoms with van der Waals surface area (Å²) in [6.45, 7) is 7.99. The van der Waals surface area contributed by atoms with E-state index in [9.17, 15) is 9.59 Å². The monoisotopic (exact) mass is 483 g/mol. The molecule has 8 heteroatoms. The largest absolute Gasteiger partial charge is 0.325 e. The SMILES string of the molecule is Cc1cc(C)cc(NC(=O)CSc2nnc3n(-c4ccc(C)cc4C)c(=O)c4ccccc4n23)c1. The number of hydrogen-bond donors (Lipinski definition) is 1. The second kappa shape index (κ2) is 9.03. The lowest BCUT2D eigenvalue weighted by atomic mass is 10.1. The van der Waals surface area contributed by atoms with Crippen LogP contribution in [0.4, 0.5) is 5.69 Å². The third-order valence-corrected chi connectivity index (χ3v) is 6.75. The number of hydrogen-bond acceptors (Lipinski definition) is 5. The second-order valence-electron chi connectivity index (χ2n) is 8.78. The van der Waals surface area contributed by atoms with Crippen molar-refractivity contribution >= 4 is 40.0 Å². The van der Waals surface area contributed by atoms with Crippen LogP contribution in [0.25, 0.3) is 22.4 Å². The third-order valence-electron chi connectivity index (χ3n) is 5.83. The van der Waals surface area contributed by atoms with Crippen LogP contribution < -0.4 is 10.9 Å². The van der Waals surface area contributed by atoms with Crippen LogP contribution in [0.1, 0.15) is 22.3 Å². The minimum Gasteiger partial charge on any atom is -0.325 e. The first kappa shape index (κ1) is 22.9. The summed E-state index contributed by atoms with van der Waals surface area (Å²) in [6.07, 6.45) is 0. The molecule has 0 aliphatic heterocycles. The Morgan fingerprint density at radius 1 is 0.914 bits per heavy atom. The van der Waals surface area contributed by atoms with Gasteiger partial charge in [0.1, 0.15) is 0 Å². The Labute approximate surface area is 206 Å². The predicted octanol–water partition coefficient (Wildman–Crippen LogP) is 5.00. The van der Waals surface area contributed by atoms with E-state index in [2.05, 4.69) is 21.6 Å². The minimum absolute atomic E-state index is 0.135. The van der Waals surface area contributed by atoms with Crippen LogP contribution in [0.2, 0.25) is 0 Å². The Bertz CT molecular complexity index is 1650. The first-order chi connectivity index (χ1) is 16.8. The zero-order valence-electron chi connectivity index (χ0n) is 20.0. The number of aromatic nitrogens is 4. The predicted molar refractivity (Wildman–Crippen MR) is 141 cm³/mol. The molecule has 0 bridgehead atoms. The van der Waals surface area contributed by atoms with E-state index in [0.29, 0.717) is 21.8 Å². The molecule has 0 atom stereocenters. The Hall–Kier alpha value is -3.91. The molecule has 2 heterocycles. The lowest BCUT2D eigenvalue weighted by molar-refractivity contribution is -0.113. The summed E-state index contributed by atoms with van der Waals surface area (Å²) in [5.41, 5.74) is 6.34. The highest BCUT2D eigenvalue weighted by Gasteiger charge is 2.19. The van der Waals surface area contributed by atoms with Crippen molar-refractivity contribution in [2.24, 2.45) is 0 Å². The standard InChI is InChI=1S/C27H25N5O2S/c1-16-9-10-22(19(4)12-16)31-25(34)21-7-5-6-8-23(21)32-26(31)29-30-27(32)35-15-24(33)28-20-13-17(2)11-18(3)14-20/h5-14H,15H2,1-4H3,(H,28,33). The van der Waals surface area contributed by atoms with Crippen molar-refractivity contribution in [3.63, 3.8) is 0 Å². The first-order valence-electron chi connectivity index (χ1n) is 11.3. The van der Waals surface area contributed by atoms with E-state index in [1.165, 1.54) is 11.8 Å². The normalized spacial score (nSPS) is 11.3. The molecule has 0 saturated heterocycles. The highest BCUT2D eigenvalue weighted by atomic mass is 32.2. The molecule has 1 N–H and O–H groups in total. The van der Waals surface area contributed by atoms with Crippen molar-refractivity contribution in [2.75, 3.05) is 11.1 Å². The number of nitrogens with one attached hydrogen (secondary N) is 1. The lowest BCUT2D eigenvalue weighted by Gasteiger charge is -2.13. The van der Waals surface area contributed by atoms with Gasteiger partial charge in [0.05, 0.1) is 22.3 Å². The van der Waals surface area contributed by atoms with Crippen molar-refractivity contribution < 1.29 is 4.79 Å². The van der Waals surface area contributed by atoms with E-state index in [0.717, 1.165) is 33.6 Å². The van der Waals surface area contributed by atoms with E-state index < -0.39 is 0 Å². The molecule has 0 aliphatic rings. The van der Waals surface area contributed by atoms with Crippen molar-refractivity contribution in [1.82, 2.24) is 19.2 Å². The Morgan fingerprint density at radius 3 is 2.40 bits per heavy atom. The number of carbonyl (C=O) groups excluding carboxylic acids is 1. The van der Waals surface area contributed by atoms with Crippen molar-refractivity contribution in [1.29, 1.82) is 0 Å². The van der Waals surface area contributed by atoms with Crippen LogP contribution >= 0.6 is 11.8 Å². The van der Waals surface area contributed by atoms with E-state index in [-0.39, 0.29) is 17.2 Å². The third kappa shape index (κ3) is 4.33. The van der Waals surface area contributed by atoms with Crippen molar-refractivity contribution in [2.45, 2.75) is 32.9 Å². The highest BCUT2D eigenvalue weighted by molar-refractivity contribution is 7.99. The van der Waals surface area contributed by atoms with Gasteiger partial charge in [0, 0.05) is 5.69 Å². The van der Waals surface area contributed by atoms with Crippen molar-refractivity contribution in [3.05, 3.63) is 93.3 Å².